The van der Waals surface area contributed by atoms with Gasteiger partial charge in [-0.15, -0.1) is 0 Å². The molecular formula is C13H21NO3S2. The molecule has 0 aromatic carbocycles. The van der Waals surface area contributed by atoms with Gasteiger partial charge in [-0.3, -0.25) is 4.79 Å². The number of ether oxygens (including phenoxy) is 1. The van der Waals surface area contributed by atoms with Crippen molar-refractivity contribution in [2.24, 2.45) is 0 Å². The molecule has 19 heavy (non-hydrogen) atoms. The third-order valence-electron chi connectivity index (χ3n) is 3.84. The summed E-state index contributed by atoms with van der Waals surface area (Å²) in [5, 5.41) is 10.1. The van der Waals surface area contributed by atoms with Crippen molar-refractivity contribution in [3.8, 4) is 0 Å². The van der Waals surface area contributed by atoms with Crippen LogP contribution in [0, 0.1) is 0 Å². The number of carbonyl (C=O) groups is 1. The molecule has 2 fully saturated rings. The number of hydrogen-bond acceptors (Lipinski definition) is 5. The van der Waals surface area contributed by atoms with Crippen molar-refractivity contribution in [3.05, 3.63) is 0 Å². The zero-order valence-electron chi connectivity index (χ0n) is 11.4. The maximum absolute atomic E-state index is 11.9. The lowest BCUT2D eigenvalue weighted by atomic mass is 9.92. The van der Waals surface area contributed by atoms with Crippen molar-refractivity contribution in [1.29, 1.82) is 0 Å². The Labute approximate surface area is 123 Å². The van der Waals surface area contributed by atoms with Crippen LogP contribution < -0.4 is 0 Å². The van der Waals surface area contributed by atoms with Crippen molar-refractivity contribution in [2.45, 2.75) is 63.0 Å². The van der Waals surface area contributed by atoms with E-state index < -0.39 is 11.0 Å². The number of rotatable bonds is 3. The Morgan fingerprint density at radius 2 is 2.16 bits per heavy atom. The van der Waals surface area contributed by atoms with E-state index >= 15 is 0 Å². The van der Waals surface area contributed by atoms with Crippen molar-refractivity contribution in [2.75, 3.05) is 6.61 Å². The minimum Gasteiger partial charge on any atom is -0.465 e. The Hall–Kier alpha value is -0.330. The molecule has 1 saturated heterocycles. The molecule has 108 valence electrons. The Bertz CT molecular complexity index is 367. The van der Waals surface area contributed by atoms with Crippen LogP contribution in [-0.2, 0) is 9.53 Å². The summed E-state index contributed by atoms with van der Waals surface area (Å²) in [5.41, 5.74) is -1.24. The quantitative estimate of drug-likeness (QED) is 0.638. The number of hydrogen-bond donors (Lipinski definition) is 1. The van der Waals surface area contributed by atoms with Gasteiger partial charge in [-0.2, -0.15) is 0 Å². The van der Waals surface area contributed by atoms with Gasteiger partial charge >= 0.3 is 5.97 Å². The predicted molar refractivity (Wildman–Crippen MR) is 79.9 cm³/mol. The molecule has 1 heterocycles. The molecule has 4 nitrogen and oxygen atoms in total. The van der Waals surface area contributed by atoms with Crippen LogP contribution in [0.4, 0.5) is 0 Å². The normalized spacial score (nSPS) is 32.7. The van der Waals surface area contributed by atoms with Gasteiger partial charge in [-0.1, -0.05) is 43.2 Å². The van der Waals surface area contributed by atoms with Crippen LogP contribution in [0.5, 0.6) is 0 Å². The number of esters is 1. The van der Waals surface area contributed by atoms with Gasteiger partial charge in [0, 0.05) is 6.04 Å². The standard InChI is InChI=1S/C13H21NO3S2/c1-3-17-11(15)10-13(2,16)14(12(18)19-10)9-7-5-4-6-8-9/h9-10,16H,3-8H2,1-2H3. The lowest BCUT2D eigenvalue weighted by Crippen LogP contribution is -2.55. The summed E-state index contributed by atoms with van der Waals surface area (Å²) >= 11 is 6.63. The molecule has 0 aromatic heterocycles. The highest BCUT2D eigenvalue weighted by molar-refractivity contribution is 8.24. The van der Waals surface area contributed by atoms with Crippen LogP contribution in [0.25, 0.3) is 0 Å². The highest BCUT2D eigenvalue weighted by Gasteiger charge is 2.53. The first-order chi connectivity index (χ1) is 8.98. The second kappa shape index (κ2) is 5.97. The molecule has 0 bridgehead atoms. The smallest absolute Gasteiger partial charge is 0.324 e. The Kier molecular flexibility index (Phi) is 4.74. The number of carbonyl (C=O) groups excluding carboxylic acids is 1. The van der Waals surface area contributed by atoms with E-state index in [0.29, 0.717) is 10.9 Å². The van der Waals surface area contributed by atoms with E-state index in [1.54, 1.807) is 13.8 Å². The van der Waals surface area contributed by atoms with Crippen LogP contribution in [0.15, 0.2) is 0 Å². The van der Waals surface area contributed by atoms with E-state index in [2.05, 4.69) is 0 Å². The van der Waals surface area contributed by atoms with Crippen molar-refractivity contribution >= 4 is 34.3 Å². The molecule has 1 aliphatic carbocycles. The van der Waals surface area contributed by atoms with E-state index in [-0.39, 0.29) is 12.0 Å². The largest absolute Gasteiger partial charge is 0.465 e. The first kappa shape index (κ1) is 15.1. The average Bonchev–Trinajstić information content (AvgIpc) is 2.60. The van der Waals surface area contributed by atoms with Crippen LogP contribution in [0.1, 0.15) is 46.0 Å². The molecule has 2 aliphatic rings. The van der Waals surface area contributed by atoms with Crippen LogP contribution >= 0.6 is 24.0 Å². The van der Waals surface area contributed by atoms with Gasteiger partial charge in [0.15, 0.2) is 11.0 Å². The molecule has 0 amide bonds. The third kappa shape index (κ3) is 2.90. The molecule has 2 unspecified atom stereocenters. The van der Waals surface area contributed by atoms with Gasteiger partial charge in [0.1, 0.15) is 4.32 Å². The number of nitrogens with zero attached hydrogens (tertiary/aromatic N) is 1. The van der Waals surface area contributed by atoms with E-state index in [9.17, 15) is 9.90 Å². The fraction of sp³-hybridized carbons (Fsp3) is 0.846. The minimum absolute atomic E-state index is 0.253. The van der Waals surface area contributed by atoms with Gasteiger partial charge in [0.2, 0.25) is 0 Å². The lowest BCUT2D eigenvalue weighted by Gasteiger charge is -2.40. The van der Waals surface area contributed by atoms with E-state index in [0.717, 1.165) is 25.7 Å². The molecule has 6 heteroatoms. The fourth-order valence-electron chi connectivity index (χ4n) is 2.93. The number of aliphatic hydroxyl groups is 1. The van der Waals surface area contributed by atoms with E-state index in [4.69, 9.17) is 17.0 Å². The van der Waals surface area contributed by atoms with Gasteiger partial charge in [0.05, 0.1) is 6.61 Å². The number of thiocarbonyl (C=S) groups is 1. The van der Waals surface area contributed by atoms with Gasteiger partial charge < -0.3 is 14.7 Å². The summed E-state index contributed by atoms with van der Waals surface area (Å²) in [6, 6.07) is 0.253. The maximum atomic E-state index is 11.9. The Balaban J connectivity index is 2.16. The summed E-state index contributed by atoms with van der Waals surface area (Å²) in [7, 11) is 0. The summed E-state index contributed by atoms with van der Waals surface area (Å²) in [5.74, 6) is -0.377. The zero-order valence-corrected chi connectivity index (χ0v) is 13.1. The summed E-state index contributed by atoms with van der Waals surface area (Å²) < 4.78 is 5.66. The summed E-state index contributed by atoms with van der Waals surface area (Å²) in [6.45, 7) is 3.76. The van der Waals surface area contributed by atoms with Crippen molar-refractivity contribution < 1.29 is 14.6 Å². The topological polar surface area (TPSA) is 49.8 Å². The second-order valence-electron chi connectivity index (χ2n) is 5.27. The summed E-state index contributed by atoms with van der Waals surface area (Å²) in [4.78, 5) is 13.8. The van der Waals surface area contributed by atoms with Crippen molar-refractivity contribution in [1.82, 2.24) is 4.90 Å². The highest BCUT2D eigenvalue weighted by atomic mass is 32.2. The zero-order chi connectivity index (χ0) is 14.0. The molecule has 1 N–H and O–H groups in total. The molecule has 1 saturated carbocycles. The van der Waals surface area contributed by atoms with Gasteiger partial charge in [-0.25, -0.2) is 0 Å². The first-order valence-electron chi connectivity index (χ1n) is 6.87. The molecule has 0 aromatic rings. The van der Waals surface area contributed by atoms with E-state index in [1.165, 1.54) is 18.2 Å². The molecule has 0 radical (unpaired) electrons. The molecule has 1 aliphatic heterocycles. The number of thioether (sulfide) groups is 1. The molecular weight excluding hydrogens is 282 g/mol. The lowest BCUT2D eigenvalue weighted by molar-refractivity contribution is -0.153. The molecule has 2 rings (SSSR count). The van der Waals surface area contributed by atoms with Crippen LogP contribution in [0.2, 0.25) is 0 Å². The Morgan fingerprint density at radius 1 is 1.53 bits per heavy atom. The minimum atomic E-state index is -1.24. The molecule has 2 atom stereocenters. The average molecular weight is 303 g/mol. The monoisotopic (exact) mass is 303 g/mol. The van der Waals surface area contributed by atoms with Gasteiger partial charge in [-0.05, 0) is 26.7 Å². The second-order valence-corrected chi connectivity index (χ2v) is 7.01. The van der Waals surface area contributed by atoms with Crippen LogP contribution in [0.3, 0.4) is 0 Å². The fourth-order valence-corrected chi connectivity index (χ4v) is 4.70. The predicted octanol–water partition coefficient (Wildman–Crippen LogP) is 2.29. The SMILES string of the molecule is CCOC(=O)C1SC(=S)N(C2CCCCC2)C1(C)O. The van der Waals surface area contributed by atoms with Crippen molar-refractivity contribution in [3.63, 3.8) is 0 Å². The van der Waals surface area contributed by atoms with Crippen LogP contribution in [-0.4, -0.2) is 43.9 Å². The third-order valence-corrected chi connectivity index (χ3v) is 5.60. The molecule has 0 spiro atoms. The van der Waals surface area contributed by atoms with Gasteiger partial charge in [0.25, 0.3) is 0 Å². The summed E-state index contributed by atoms with van der Waals surface area (Å²) in [6.07, 6.45) is 5.63. The maximum Gasteiger partial charge on any atom is 0.324 e. The van der Waals surface area contributed by atoms with E-state index in [1.807, 2.05) is 4.90 Å². The highest BCUT2D eigenvalue weighted by Crippen LogP contribution is 2.43. The first-order valence-corrected chi connectivity index (χ1v) is 8.16. The Morgan fingerprint density at radius 3 is 2.74 bits per heavy atom.